The van der Waals surface area contributed by atoms with Gasteiger partial charge in [-0.25, -0.2) is 4.68 Å². The second kappa shape index (κ2) is 6.23. The molecule has 1 aliphatic heterocycles. The maximum Gasteiger partial charge on any atom is 0.270 e. The van der Waals surface area contributed by atoms with Crippen LogP contribution in [0.1, 0.15) is 55.8 Å². The third-order valence-corrected chi connectivity index (χ3v) is 4.96. The lowest BCUT2D eigenvalue weighted by Gasteiger charge is -2.32. The van der Waals surface area contributed by atoms with Gasteiger partial charge in [0.05, 0.1) is 22.8 Å². The highest BCUT2D eigenvalue weighted by Crippen LogP contribution is 2.25. The molecule has 0 aromatic carbocycles. The Morgan fingerprint density at radius 1 is 1.35 bits per heavy atom. The van der Waals surface area contributed by atoms with Crippen molar-refractivity contribution in [1.29, 1.82) is 0 Å². The van der Waals surface area contributed by atoms with E-state index in [0.717, 1.165) is 36.1 Å². The summed E-state index contributed by atoms with van der Waals surface area (Å²) in [6, 6.07) is 5.79. The first kappa shape index (κ1) is 16.8. The standard InChI is InChI=1S/C19H24N6O/c1-19(2,3)17-12-25(23-22-17)13-6-5-9-24(11-13)18(26)16-10-15-14(21-16)7-4-8-20-15/h4,7-8,10,12-13,21H,5-6,9,11H2,1-3H3. The van der Waals surface area contributed by atoms with Gasteiger partial charge in [-0.05, 0) is 31.0 Å². The molecule has 4 heterocycles. The van der Waals surface area contributed by atoms with Gasteiger partial charge >= 0.3 is 0 Å². The fourth-order valence-electron chi connectivity index (χ4n) is 3.40. The Labute approximate surface area is 152 Å². The van der Waals surface area contributed by atoms with E-state index in [1.165, 1.54) is 0 Å². The number of amides is 1. The minimum Gasteiger partial charge on any atom is -0.349 e. The van der Waals surface area contributed by atoms with Crippen LogP contribution in [0.4, 0.5) is 0 Å². The number of aromatic amines is 1. The Kier molecular flexibility index (Phi) is 4.01. The SMILES string of the molecule is CC(C)(C)c1cn(C2CCCN(C(=O)c3cc4ncccc4[nH]3)C2)nn1. The van der Waals surface area contributed by atoms with E-state index in [4.69, 9.17) is 0 Å². The fraction of sp³-hybridized carbons (Fsp3) is 0.474. The Hall–Kier alpha value is -2.70. The summed E-state index contributed by atoms with van der Waals surface area (Å²) < 4.78 is 1.92. The van der Waals surface area contributed by atoms with Crippen molar-refractivity contribution in [2.75, 3.05) is 13.1 Å². The van der Waals surface area contributed by atoms with Crippen molar-refractivity contribution in [3.63, 3.8) is 0 Å². The van der Waals surface area contributed by atoms with Gasteiger partial charge in [-0.2, -0.15) is 0 Å². The second-order valence-corrected chi connectivity index (χ2v) is 8.00. The van der Waals surface area contributed by atoms with Crippen LogP contribution in [0.25, 0.3) is 11.0 Å². The van der Waals surface area contributed by atoms with Gasteiger partial charge in [-0.3, -0.25) is 9.78 Å². The lowest BCUT2D eigenvalue weighted by molar-refractivity contribution is 0.0667. The lowest BCUT2D eigenvalue weighted by Crippen LogP contribution is -2.41. The molecule has 1 atom stereocenters. The van der Waals surface area contributed by atoms with E-state index in [9.17, 15) is 4.79 Å². The van der Waals surface area contributed by atoms with Crippen LogP contribution >= 0.6 is 0 Å². The van der Waals surface area contributed by atoms with Crippen molar-refractivity contribution in [3.8, 4) is 0 Å². The zero-order chi connectivity index (χ0) is 18.3. The van der Waals surface area contributed by atoms with Gasteiger partial charge in [-0.15, -0.1) is 5.10 Å². The number of H-pyrrole nitrogens is 1. The monoisotopic (exact) mass is 352 g/mol. The Morgan fingerprint density at radius 3 is 2.92 bits per heavy atom. The van der Waals surface area contributed by atoms with E-state index in [2.05, 4.69) is 41.1 Å². The smallest absolute Gasteiger partial charge is 0.270 e. The molecule has 7 heteroatoms. The molecule has 3 aromatic rings. The van der Waals surface area contributed by atoms with Gasteiger partial charge < -0.3 is 9.88 Å². The highest BCUT2D eigenvalue weighted by atomic mass is 16.2. The second-order valence-electron chi connectivity index (χ2n) is 8.00. The van der Waals surface area contributed by atoms with E-state index in [1.807, 2.05) is 34.0 Å². The predicted molar refractivity (Wildman–Crippen MR) is 99.0 cm³/mol. The summed E-state index contributed by atoms with van der Waals surface area (Å²) in [5.41, 5.74) is 3.24. The minimum atomic E-state index is -0.0280. The van der Waals surface area contributed by atoms with Crippen molar-refractivity contribution >= 4 is 16.9 Å². The molecule has 1 fully saturated rings. The summed E-state index contributed by atoms with van der Waals surface area (Å²) in [5, 5.41) is 8.63. The first-order valence-electron chi connectivity index (χ1n) is 9.07. The van der Waals surface area contributed by atoms with E-state index in [0.29, 0.717) is 12.2 Å². The molecule has 1 saturated heterocycles. The van der Waals surface area contributed by atoms with E-state index < -0.39 is 0 Å². The van der Waals surface area contributed by atoms with Crippen LogP contribution in [0.5, 0.6) is 0 Å². The van der Waals surface area contributed by atoms with Gasteiger partial charge in [0, 0.05) is 30.9 Å². The Morgan fingerprint density at radius 2 is 2.19 bits per heavy atom. The summed E-state index contributed by atoms with van der Waals surface area (Å²) in [7, 11) is 0. The first-order chi connectivity index (χ1) is 12.4. The largest absolute Gasteiger partial charge is 0.349 e. The summed E-state index contributed by atoms with van der Waals surface area (Å²) in [6.45, 7) is 7.79. The van der Waals surface area contributed by atoms with Crippen LogP contribution in [0, 0.1) is 0 Å². The fourth-order valence-corrected chi connectivity index (χ4v) is 3.40. The molecule has 0 saturated carbocycles. The number of carbonyl (C=O) groups is 1. The van der Waals surface area contributed by atoms with Crippen LogP contribution in [-0.2, 0) is 5.41 Å². The molecule has 0 aliphatic carbocycles. The molecule has 0 bridgehead atoms. The number of hydrogen-bond acceptors (Lipinski definition) is 4. The van der Waals surface area contributed by atoms with Crippen LogP contribution in [0.15, 0.2) is 30.6 Å². The number of likely N-dealkylation sites (tertiary alicyclic amines) is 1. The number of carbonyl (C=O) groups excluding carboxylic acids is 1. The predicted octanol–water partition coefficient (Wildman–Crippen LogP) is 2.93. The Balaban J connectivity index is 1.52. The highest BCUT2D eigenvalue weighted by molar-refractivity contribution is 5.97. The quantitative estimate of drug-likeness (QED) is 0.769. The lowest BCUT2D eigenvalue weighted by atomic mass is 9.93. The minimum absolute atomic E-state index is 0.0175. The summed E-state index contributed by atoms with van der Waals surface area (Å²) >= 11 is 0. The van der Waals surface area contributed by atoms with Gasteiger partial charge in [0.1, 0.15) is 5.69 Å². The molecule has 1 N–H and O–H groups in total. The van der Waals surface area contributed by atoms with Gasteiger partial charge in [0.2, 0.25) is 0 Å². The number of piperidine rings is 1. The zero-order valence-corrected chi connectivity index (χ0v) is 15.4. The molecular formula is C19H24N6O. The van der Waals surface area contributed by atoms with Crippen molar-refractivity contribution in [2.45, 2.75) is 45.1 Å². The first-order valence-corrected chi connectivity index (χ1v) is 9.07. The van der Waals surface area contributed by atoms with E-state index >= 15 is 0 Å². The maximum absolute atomic E-state index is 12.9. The van der Waals surface area contributed by atoms with Crippen LogP contribution in [-0.4, -0.2) is 48.9 Å². The Bertz CT molecular complexity index is 902. The van der Waals surface area contributed by atoms with E-state index in [1.54, 1.807) is 6.20 Å². The number of pyridine rings is 1. The summed E-state index contributed by atoms with van der Waals surface area (Å²) in [6.07, 6.45) is 5.72. The normalized spacial score (nSPS) is 18.4. The van der Waals surface area contributed by atoms with E-state index in [-0.39, 0.29) is 17.4 Å². The molecule has 4 rings (SSSR count). The molecule has 1 amide bonds. The number of aromatic nitrogens is 5. The van der Waals surface area contributed by atoms with Crippen molar-refractivity contribution in [2.24, 2.45) is 0 Å². The molecule has 7 nitrogen and oxygen atoms in total. The summed E-state index contributed by atoms with van der Waals surface area (Å²) in [5.74, 6) is 0.0175. The average Bonchev–Trinajstić information content (AvgIpc) is 3.28. The zero-order valence-electron chi connectivity index (χ0n) is 15.4. The maximum atomic E-state index is 12.9. The van der Waals surface area contributed by atoms with Crippen LogP contribution in [0.2, 0.25) is 0 Å². The van der Waals surface area contributed by atoms with Crippen molar-refractivity contribution in [1.82, 2.24) is 29.9 Å². The number of nitrogens with zero attached hydrogens (tertiary/aromatic N) is 5. The molecule has 1 unspecified atom stereocenters. The third kappa shape index (κ3) is 3.09. The van der Waals surface area contributed by atoms with Crippen molar-refractivity contribution in [3.05, 3.63) is 42.0 Å². The molecular weight excluding hydrogens is 328 g/mol. The molecule has 1 aliphatic rings. The van der Waals surface area contributed by atoms with Crippen LogP contribution in [0.3, 0.4) is 0 Å². The third-order valence-electron chi connectivity index (χ3n) is 4.96. The number of nitrogens with one attached hydrogen (secondary N) is 1. The molecule has 136 valence electrons. The van der Waals surface area contributed by atoms with Gasteiger partial charge in [0.15, 0.2) is 0 Å². The van der Waals surface area contributed by atoms with Crippen LogP contribution < -0.4 is 0 Å². The molecule has 3 aromatic heterocycles. The van der Waals surface area contributed by atoms with Gasteiger partial charge in [0.25, 0.3) is 5.91 Å². The number of rotatable bonds is 2. The summed E-state index contributed by atoms with van der Waals surface area (Å²) in [4.78, 5) is 22.3. The molecule has 0 radical (unpaired) electrons. The highest BCUT2D eigenvalue weighted by Gasteiger charge is 2.28. The van der Waals surface area contributed by atoms with Gasteiger partial charge in [-0.1, -0.05) is 26.0 Å². The molecule has 26 heavy (non-hydrogen) atoms. The average molecular weight is 352 g/mol. The topological polar surface area (TPSA) is 79.7 Å². The molecule has 0 spiro atoms. The number of hydrogen-bond donors (Lipinski definition) is 1. The number of fused-ring (bicyclic) bond motifs is 1. The van der Waals surface area contributed by atoms with Crippen molar-refractivity contribution < 1.29 is 4.79 Å².